The van der Waals surface area contributed by atoms with Crippen LogP contribution in [0.25, 0.3) is 0 Å². The fourth-order valence-corrected chi connectivity index (χ4v) is 1.12. The van der Waals surface area contributed by atoms with Gasteiger partial charge < -0.3 is 16.2 Å². The Kier molecular flexibility index (Phi) is 3.67. The van der Waals surface area contributed by atoms with E-state index in [1.807, 2.05) is 0 Å². The van der Waals surface area contributed by atoms with Gasteiger partial charge in [-0.2, -0.15) is 0 Å². The lowest BCUT2D eigenvalue weighted by Gasteiger charge is -2.09. The van der Waals surface area contributed by atoms with Crippen LogP contribution in [0.1, 0.15) is 5.56 Å². The monoisotopic (exact) mass is 184 g/mol. The number of aliphatic hydroxyl groups is 1. The predicted octanol–water partition coefficient (Wildman–Crippen LogP) is 0.689. The standard InChI is InChI=1S/C9H13FN2O/c10-8-2-1-3-9(7(8)6-11)12-4-5-13/h1-3,12-13H,4-6,11H2. The maximum absolute atomic E-state index is 13.1. The molecule has 0 amide bonds. The lowest BCUT2D eigenvalue weighted by molar-refractivity contribution is 0.311. The Labute approximate surface area is 76.4 Å². The van der Waals surface area contributed by atoms with E-state index >= 15 is 0 Å². The molecule has 0 saturated carbocycles. The SMILES string of the molecule is NCc1c(F)cccc1NCCO. The van der Waals surface area contributed by atoms with Gasteiger partial charge in [0, 0.05) is 24.3 Å². The van der Waals surface area contributed by atoms with Crippen molar-refractivity contribution in [3.8, 4) is 0 Å². The molecule has 4 heteroatoms. The number of benzene rings is 1. The zero-order valence-electron chi connectivity index (χ0n) is 7.26. The van der Waals surface area contributed by atoms with Crippen LogP contribution in [-0.4, -0.2) is 18.3 Å². The van der Waals surface area contributed by atoms with Gasteiger partial charge in [0.25, 0.3) is 0 Å². The van der Waals surface area contributed by atoms with Crippen molar-refractivity contribution >= 4 is 5.69 Å². The van der Waals surface area contributed by atoms with E-state index in [2.05, 4.69) is 5.32 Å². The van der Waals surface area contributed by atoms with Gasteiger partial charge in [-0.05, 0) is 12.1 Å². The molecule has 3 nitrogen and oxygen atoms in total. The normalized spacial score (nSPS) is 10.1. The highest BCUT2D eigenvalue weighted by atomic mass is 19.1. The number of halogens is 1. The van der Waals surface area contributed by atoms with Gasteiger partial charge in [0.05, 0.1) is 6.61 Å². The van der Waals surface area contributed by atoms with Crippen LogP contribution in [0.4, 0.5) is 10.1 Å². The molecule has 0 aliphatic heterocycles. The molecule has 0 radical (unpaired) electrons. The molecule has 1 aromatic rings. The molecule has 13 heavy (non-hydrogen) atoms. The molecule has 1 rings (SSSR count). The van der Waals surface area contributed by atoms with Crippen molar-refractivity contribution in [2.75, 3.05) is 18.5 Å². The minimum atomic E-state index is -0.314. The summed E-state index contributed by atoms with van der Waals surface area (Å²) >= 11 is 0. The summed E-state index contributed by atoms with van der Waals surface area (Å²) in [6.07, 6.45) is 0. The van der Waals surface area contributed by atoms with E-state index in [-0.39, 0.29) is 19.0 Å². The largest absolute Gasteiger partial charge is 0.395 e. The number of nitrogens with one attached hydrogen (secondary N) is 1. The Morgan fingerprint density at radius 1 is 1.46 bits per heavy atom. The summed E-state index contributed by atoms with van der Waals surface area (Å²) in [5.41, 5.74) is 6.48. The average molecular weight is 184 g/mol. The maximum Gasteiger partial charge on any atom is 0.129 e. The van der Waals surface area contributed by atoms with E-state index in [4.69, 9.17) is 10.8 Å². The third-order valence-corrected chi connectivity index (χ3v) is 1.75. The van der Waals surface area contributed by atoms with E-state index in [1.165, 1.54) is 6.07 Å². The maximum atomic E-state index is 13.1. The molecule has 0 aromatic heterocycles. The van der Waals surface area contributed by atoms with Gasteiger partial charge in [0.2, 0.25) is 0 Å². The Morgan fingerprint density at radius 2 is 2.23 bits per heavy atom. The van der Waals surface area contributed by atoms with Crippen LogP contribution in [0.3, 0.4) is 0 Å². The van der Waals surface area contributed by atoms with Crippen LogP contribution in [0.15, 0.2) is 18.2 Å². The van der Waals surface area contributed by atoms with Crippen molar-refractivity contribution in [3.05, 3.63) is 29.6 Å². The van der Waals surface area contributed by atoms with Crippen molar-refractivity contribution in [3.63, 3.8) is 0 Å². The average Bonchev–Trinajstić information content (AvgIpc) is 2.15. The summed E-state index contributed by atoms with van der Waals surface area (Å²) in [5, 5.41) is 11.5. The van der Waals surface area contributed by atoms with E-state index in [0.717, 1.165) is 0 Å². The smallest absolute Gasteiger partial charge is 0.129 e. The fourth-order valence-electron chi connectivity index (χ4n) is 1.12. The first-order chi connectivity index (χ1) is 6.29. The molecule has 0 heterocycles. The third kappa shape index (κ3) is 2.40. The van der Waals surface area contributed by atoms with Crippen molar-refractivity contribution in [2.24, 2.45) is 5.73 Å². The number of hydrogen-bond donors (Lipinski definition) is 3. The van der Waals surface area contributed by atoms with Crippen LogP contribution in [0.5, 0.6) is 0 Å². The molecular formula is C9H13FN2O. The topological polar surface area (TPSA) is 58.3 Å². The van der Waals surface area contributed by atoms with E-state index in [0.29, 0.717) is 17.8 Å². The Hall–Kier alpha value is -1.13. The highest BCUT2D eigenvalue weighted by Crippen LogP contribution is 2.17. The molecule has 0 atom stereocenters. The van der Waals surface area contributed by atoms with Gasteiger partial charge in [-0.15, -0.1) is 0 Å². The van der Waals surface area contributed by atoms with E-state index in [9.17, 15) is 4.39 Å². The number of hydrogen-bond acceptors (Lipinski definition) is 3. The minimum absolute atomic E-state index is 0.0144. The first kappa shape index (κ1) is 9.95. The van der Waals surface area contributed by atoms with Gasteiger partial charge >= 0.3 is 0 Å². The quantitative estimate of drug-likeness (QED) is 0.645. The Bertz CT molecular complexity index is 278. The second-order valence-corrected chi connectivity index (χ2v) is 2.62. The zero-order valence-corrected chi connectivity index (χ0v) is 7.26. The summed E-state index contributed by atoms with van der Waals surface area (Å²) in [7, 11) is 0. The first-order valence-electron chi connectivity index (χ1n) is 4.11. The summed E-state index contributed by atoms with van der Waals surface area (Å²) in [6, 6.07) is 4.71. The predicted molar refractivity (Wildman–Crippen MR) is 49.9 cm³/mol. The van der Waals surface area contributed by atoms with Crippen LogP contribution >= 0.6 is 0 Å². The second-order valence-electron chi connectivity index (χ2n) is 2.62. The molecule has 0 aliphatic carbocycles. The molecule has 72 valence electrons. The number of aliphatic hydroxyl groups excluding tert-OH is 1. The van der Waals surface area contributed by atoms with Gasteiger partial charge in [0.15, 0.2) is 0 Å². The lowest BCUT2D eigenvalue weighted by Crippen LogP contribution is -2.10. The lowest BCUT2D eigenvalue weighted by atomic mass is 10.1. The molecule has 0 bridgehead atoms. The molecular weight excluding hydrogens is 171 g/mol. The highest BCUT2D eigenvalue weighted by Gasteiger charge is 2.04. The van der Waals surface area contributed by atoms with Crippen molar-refractivity contribution in [1.29, 1.82) is 0 Å². The van der Waals surface area contributed by atoms with Crippen LogP contribution in [0.2, 0.25) is 0 Å². The molecule has 0 fully saturated rings. The first-order valence-corrected chi connectivity index (χ1v) is 4.11. The van der Waals surface area contributed by atoms with E-state index < -0.39 is 0 Å². The summed E-state index contributed by atoms with van der Waals surface area (Å²) in [4.78, 5) is 0. The van der Waals surface area contributed by atoms with Crippen LogP contribution in [-0.2, 0) is 6.54 Å². The Balaban J connectivity index is 2.85. The fraction of sp³-hybridized carbons (Fsp3) is 0.333. The number of anilines is 1. The van der Waals surface area contributed by atoms with Crippen LogP contribution < -0.4 is 11.1 Å². The molecule has 0 unspecified atom stereocenters. The van der Waals surface area contributed by atoms with Gasteiger partial charge in [-0.25, -0.2) is 4.39 Å². The zero-order chi connectivity index (χ0) is 9.68. The third-order valence-electron chi connectivity index (χ3n) is 1.75. The molecule has 4 N–H and O–H groups in total. The van der Waals surface area contributed by atoms with Gasteiger partial charge in [0.1, 0.15) is 5.82 Å². The minimum Gasteiger partial charge on any atom is -0.395 e. The van der Waals surface area contributed by atoms with Crippen molar-refractivity contribution in [2.45, 2.75) is 6.54 Å². The molecule has 1 aromatic carbocycles. The van der Waals surface area contributed by atoms with Crippen molar-refractivity contribution < 1.29 is 9.50 Å². The van der Waals surface area contributed by atoms with Crippen LogP contribution in [0, 0.1) is 5.82 Å². The summed E-state index contributed by atoms with van der Waals surface area (Å²) in [6.45, 7) is 0.567. The molecule has 0 saturated heterocycles. The highest BCUT2D eigenvalue weighted by molar-refractivity contribution is 5.51. The number of nitrogens with two attached hydrogens (primary N) is 1. The Morgan fingerprint density at radius 3 is 2.85 bits per heavy atom. The molecule has 0 spiro atoms. The molecule has 0 aliphatic rings. The van der Waals surface area contributed by atoms with E-state index in [1.54, 1.807) is 12.1 Å². The summed E-state index contributed by atoms with van der Waals surface area (Å²) in [5.74, 6) is -0.314. The van der Waals surface area contributed by atoms with Crippen molar-refractivity contribution in [1.82, 2.24) is 0 Å². The second kappa shape index (κ2) is 4.79. The van der Waals surface area contributed by atoms with Gasteiger partial charge in [-0.3, -0.25) is 0 Å². The van der Waals surface area contributed by atoms with Gasteiger partial charge in [-0.1, -0.05) is 6.07 Å². The number of rotatable bonds is 4. The summed E-state index contributed by atoms with van der Waals surface area (Å²) < 4.78 is 13.1.